The van der Waals surface area contributed by atoms with Crippen LogP contribution < -0.4 is 4.74 Å². The Labute approximate surface area is 184 Å². The molecular formula is C23H22N4O5. The highest BCUT2D eigenvalue weighted by Gasteiger charge is 2.46. The fourth-order valence-electron chi connectivity index (χ4n) is 3.83. The van der Waals surface area contributed by atoms with E-state index >= 15 is 0 Å². The second kappa shape index (κ2) is 8.93. The summed E-state index contributed by atoms with van der Waals surface area (Å²) in [5.74, 6) is -1.60. The van der Waals surface area contributed by atoms with Crippen molar-refractivity contribution in [3.8, 4) is 11.5 Å². The van der Waals surface area contributed by atoms with Crippen molar-refractivity contribution in [2.75, 3.05) is 13.7 Å². The first-order chi connectivity index (χ1) is 15.5. The molecule has 1 saturated heterocycles. The Kier molecular flexibility index (Phi) is 5.89. The SMILES string of the molecule is COc1cc(C2C(=C(O)c3ccncc3)C(=O)C(=O)N2CCCn2ccnc2)ccc1O. The number of aryl methyl sites for hydroxylation is 1. The number of methoxy groups -OCH3 is 1. The standard InChI is InChI=1S/C23H22N4O5/c1-32-18-13-16(3-4-17(18)28)20-19(21(29)15-5-7-24-8-6-15)22(30)23(31)27(20)11-2-10-26-12-9-25-14-26/h3-9,12-14,20,28-29H,2,10-11H2,1H3. The molecule has 0 aliphatic carbocycles. The number of carbonyl (C=O) groups is 2. The molecule has 164 valence electrons. The lowest BCUT2D eigenvalue weighted by Gasteiger charge is -2.26. The van der Waals surface area contributed by atoms with Crippen molar-refractivity contribution < 1.29 is 24.5 Å². The maximum Gasteiger partial charge on any atom is 0.295 e. The fraction of sp³-hybridized carbons (Fsp3) is 0.217. The maximum atomic E-state index is 13.0. The zero-order valence-corrected chi connectivity index (χ0v) is 17.4. The van der Waals surface area contributed by atoms with E-state index in [0.29, 0.717) is 24.1 Å². The molecule has 1 atom stereocenters. The first-order valence-corrected chi connectivity index (χ1v) is 10.0. The number of Topliss-reactive ketones (excluding diaryl/α,β-unsaturated/α-hetero) is 1. The first kappa shape index (κ1) is 21.1. The number of carbonyl (C=O) groups excluding carboxylic acids is 2. The number of aromatic nitrogens is 3. The summed E-state index contributed by atoms with van der Waals surface area (Å²) in [7, 11) is 1.41. The third-order valence-corrected chi connectivity index (χ3v) is 5.39. The summed E-state index contributed by atoms with van der Waals surface area (Å²) in [4.78, 5) is 35.4. The van der Waals surface area contributed by atoms with Crippen LogP contribution in [0.2, 0.25) is 0 Å². The number of likely N-dealkylation sites (tertiary alicyclic amines) is 1. The van der Waals surface area contributed by atoms with Gasteiger partial charge in [0.05, 0.1) is 25.1 Å². The summed E-state index contributed by atoms with van der Waals surface area (Å²) in [6, 6.07) is 6.91. The minimum Gasteiger partial charge on any atom is -0.507 e. The number of imidazole rings is 1. The highest BCUT2D eigenvalue weighted by Crippen LogP contribution is 2.41. The van der Waals surface area contributed by atoms with E-state index in [1.54, 1.807) is 36.8 Å². The van der Waals surface area contributed by atoms with Gasteiger partial charge in [0.1, 0.15) is 5.76 Å². The average molecular weight is 434 g/mol. The summed E-state index contributed by atoms with van der Waals surface area (Å²) < 4.78 is 7.09. The van der Waals surface area contributed by atoms with Crippen molar-refractivity contribution in [3.63, 3.8) is 0 Å². The van der Waals surface area contributed by atoms with E-state index in [1.165, 1.54) is 30.5 Å². The minimum atomic E-state index is -0.833. The van der Waals surface area contributed by atoms with Gasteiger partial charge >= 0.3 is 0 Å². The van der Waals surface area contributed by atoms with Crippen molar-refractivity contribution in [3.05, 3.63) is 78.1 Å². The van der Waals surface area contributed by atoms with Gasteiger partial charge in [-0.3, -0.25) is 14.6 Å². The number of pyridine rings is 1. The summed E-state index contributed by atoms with van der Waals surface area (Å²) in [5.41, 5.74) is 0.904. The van der Waals surface area contributed by atoms with Gasteiger partial charge < -0.3 is 24.4 Å². The van der Waals surface area contributed by atoms with Gasteiger partial charge in [0.2, 0.25) is 0 Å². The zero-order chi connectivity index (χ0) is 22.7. The van der Waals surface area contributed by atoms with Crippen LogP contribution in [0.15, 0.2) is 67.0 Å². The topological polar surface area (TPSA) is 118 Å². The van der Waals surface area contributed by atoms with Gasteiger partial charge in [-0.2, -0.15) is 0 Å². The van der Waals surface area contributed by atoms with E-state index in [0.717, 1.165) is 0 Å². The monoisotopic (exact) mass is 434 g/mol. The van der Waals surface area contributed by atoms with Crippen LogP contribution >= 0.6 is 0 Å². The Morgan fingerprint density at radius 1 is 1.09 bits per heavy atom. The highest BCUT2D eigenvalue weighted by atomic mass is 16.5. The fourth-order valence-corrected chi connectivity index (χ4v) is 3.83. The largest absolute Gasteiger partial charge is 0.507 e. The predicted molar refractivity (Wildman–Crippen MR) is 115 cm³/mol. The van der Waals surface area contributed by atoms with Gasteiger partial charge in [0, 0.05) is 43.4 Å². The molecule has 1 aromatic carbocycles. The van der Waals surface area contributed by atoms with E-state index in [4.69, 9.17) is 4.74 Å². The number of ketones is 1. The molecule has 32 heavy (non-hydrogen) atoms. The average Bonchev–Trinajstić information content (AvgIpc) is 3.42. The lowest BCUT2D eigenvalue weighted by molar-refractivity contribution is -0.139. The van der Waals surface area contributed by atoms with Crippen molar-refractivity contribution in [2.24, 2.45) is 0 Å². The molecule has 0 spiro atoms. The molecule has 0 saturated carbocycles. The van der Waals surface area contributed by atoms with Crippen LogP contribution in [0.3, 0.4) is 0 Å². The van der Waals surface area contributed by atoms with E-state index in [2.05, 4.69) is 9.97 Å². The van der Waals surface area contributed by atoms with Crippen LogP contribution in [0.25, 0.3) is 5.76 Å². The quantitative estimate of drug-likeness (QED) is 0.333. The molecular weight excluding hydrogens is 412 g/mol. The molecule has 0 radical (unpaired) electrons. The van der Waals surface area contributed by atoms with Crippen molar-refractivity contribution in [1.29, 1.82) is 0 Å². The van der Waals surface area contributed by atoms with E-state index < -0.39 is 17.7 Å². The van der Waals surface area contributed by atoms with Gasteiger partial charge in [-0.1, -0.05) is 6.07 Å². The number of benzene rings is 1. The first-order valence-electron chi connectivity index (χ1n) is 10.0. The molecule has 1 aliphatic heterocycles. The number of nitrogens with zero attached hydrogens (tertiary/aromatic N) is 4. The van der Waals surface area contributed by atoms with E-state index in [-0.39, 0.29) is 29.4 Å². The third-order valence-electron chi connectivity index (χ3n) is 5.39. The van der Waals surface area contributed by atoms with Crippen LogP contribution in [0.1, 0.15) is 23.6 Å². The molecule has 9 heteroatoms. The lowest BCUT2D eigenvalue weighted by atomic mass is 9.95. The van der Waals surface area contributed by atoms with Gasteiger partial charge in [0.15, 0.2) is 11.5 Å². The lowest BCUT2D eigenvalue weighted by Crippen LogP contribution is -2.31. The molecule has 2 N–H and O–H groups in total. The molecule has 2 aromatic heterocycles. The predicted octanol–water partition coefficient (Wildman–Crippen LogP) is 2.50. The molecule has 3 heterocycles. The number of hydrogen-bond donors (Lipinski definition) is 2. The van der Waals surface area contributed by atoms with Crippen LogP contribution in [-0.4, -0.2) is 55.0 Å². The summed E-state index contributed by atoms with van der Waals surface area (Å²) >= 11 is 0. The summed E-state index contributed by atoms with van der Waals surface area (Å²) in [6.07, 6.45) is 8.73. The molecule has 3 aromatic rings. The molecule has 9 nitrogen and oxygen atoms in total. The normalized spacial score (nSPS) is 17.7. The molecule has 0 bridgehead atoms. The highest BCUT2D eigenvalue weighted by molar-refractivity contribution is 6.46. The summed E-state index contributed by atoms with van der Waals surface area (Å²) in [5, 5.41) is 21.0. The Bertz CT molecular complexity index is 1160. The van der Waals surface area contributed by atoms with E-state index in [1.807, 2.05) is 10.8 Å². The Morgan fingerprint density at radius 2 is 1.88 bits per heavy atom. The van der Waals surface area contributed by atoms with Crippen molar-refractivity contribution in [1.82, 2.24) is 19.4 Å². The number of aliphatic hydroxyl groups excluding tert-OH is 1. The van der Waals surface area contributed by atoms with Gasteiger partial charge in [0.25, 0.3) is 11.7 Å². The Hall–Kier alpha value is -4.14. The number of phenolic OH excluding ortho intramolecular Hbond substituents is 1. The number of phenols is 1. The number of hydrogen-bond acceptors (Lipinski definition) is 7. The molecule has 1 unspecified atom stereocenters. The minimum absolute atomic E-state index is 0.0171. The van der Waals surface area contributed by atoms with Crippen LogP contribution in [0.4, 0.5) is 0 Å². The van der Waals surface area contributed by atoms with Crippen LogP contribution in [0.5, 0.6) is 11.5 Å². The molecule has 1 fully saturated rings. The van der Waals surface area contributed by atoms with Crippen molar-refractivity contribution in [2.45, 2.75) is 19.0 Å². The van der Waals surface area contributed by atoms with Gasteiger partial charge in [-0.25, -0.2) is 4.98 Å². The number of aromatic hydroxyl groups is 1. The Morgan fingerprint density at radius 3 is 2.56 bits per heavy atom. The second-order valence-corrected chi connectivity index (χ2v) is 7.31. The zero-order valence-electron chi connectivity index (χ0n) is 17.4. The number of aliphatic hydroxyl groups is 1. The summed E-state index contributed by atoms with van der Waals surface area (Å²) in [6.45, 7) is 0.892. The third kappa shape index (κ3) is 3.92. The second-order valence-electron chi connectivity index (χ2n) is 7.31. The van der Waals surface area contributed by atoms with Crippen molar-refractivity contribution >= 4 is 17.4 Å². The molecule has 1 amide bonds. The number of rotatable bonds is 7. The number of amides is 1. The van der Waals surface area contributed by atoms with Crippen LogP contribution in [0, 0.1) is 0 Å². The maximum absolute atomic E-state index is 13.0. The number of ether oxygens (including phenoxy) is 1. The Balaban J connectivity index is 1.76. The van der Waals surface area contributed by atoms with Gasteiger partial charge in [-0.15, -0.1) is 0 Å². The molecule has 1 aliphatic rings. The smallest absolute Gasteiger partial charge is 0.295 e. The van der Waals surface area contributed by atoms with Crippen LogP contribution in [-0.2, 0) is 16.1 Å². The molecule has 4 rings (SSSR count). The van der Waals surface area contributed by atoms with Gasteiger partial charge in [-0.05, 0) is 36.2 Å². The van der Waals surface area contributed by atoms with E-state index in [9.17, 15) is 19.8 Å².